The molecule has 10 heteroatoms. The van der Waals surface area contributed by atoms with Crippen LogP contribution in [0.1, 0.15) is 47.0 Å². The molecule has 0 aliphatic carbocycles. The number of hydrogen-bond acceptors (Lipinski definition) is 9. The van der Waals surface area contributed by atoms with E-state index in [0.717, 1.165) is 16.7 Å². The second-order valence-corrected chi connectivity index (χ2v) is 14.3. The number of hydrazone groups is 1. The van der Waals surface area contributed by atoms with Gasteiger partial charge in [0.2, 0.25) is 0 Å². The summed E-state index contributed by atoms with van der Waals surface area (Å²) in [5.74, 6) is -3.59. The highest BCUT2D eigenvalue weighted by Crippen LogP contribution is 2.59. The van der Waals surface area contributed by atoms with E-state index >= 15 is 0 Å². The maximum absolute atomic E-state index is 14.5. The van der Waals surface area contributed by atoms with Crippen molar-refractivity contribution in [2.75, 3.05) is 0 Å². The van der Waals surface area contributed by atoms with Crippen molar-refractivity contribution < 1.29 is 28.7 Å². The molecule has 0 saturated carbocycles. The number of carbonyl (C=O) groups is 4. The molecule has 0 aromatic heterocycles. The van der Waals surface area contributed by atoms with E-state index in [1.54, 1.807) is 30.3 Å². The molecule has 1 amide bonds. The lowest BCUT2D eigenvalue weighted by atomic mass is 9.70. The van der Waals surface area contributed by atoms with Crippen LogP contribution in [-0.2, 0) is 30.5 Å². The third-order valence-corrected chi connectivity index (χ3v) is 10.7. The predicted octanol–water partition coefficient (Wildman–Crippen LogP) is 5.32. The molecule has 4 aromatic carbocycles. The van der Waals surface area contributed by atoms with E-state index in [1.807, 2.05) is 105 Å². The Hall–Kier alpha value is -5.22. The Morgan fingerprint density at radius 3 is 1.96 bits per heavy atom. The molecule has 3 aliphatic heterocycles. The van der Waals surface area contributed by atoms with Crippen molar-refractivity contribution >= 4 is 41.1 Å². The fraction of sp³-hybridized carbons (Fsp3) is 0.237. The Morgan fingerprint density at radius 1 is 0.833 bits per heavy atom. The summed E-state index contributed by atoms with van der Waals surface area (Å²) in [6.07, 6.45) is -0.698. The summed E-state index contributed by atoms with van der Waals surface area (Å²) in [6, 6.07) is 35.6. The second-order valence-electron chi connectivity index (χ2n) is 12.5. The lowest BCUT2D eigenvalue weighted by Gasteiger charge is -2.53. The number of rotatable bonds is 9. The molecule has 1 spiro atoms. The van der Waals surface area contributed by atoms with E-state index in [9.17, 15) is 19.2 Å². The Labute approximate surface area is 282 Å². The summed E-state index contributed by atoms with van der Waals surface area (Å²) in [5, 5.41) is 3.60. The number of esters is 2. The summed E-state index contributed by atoms with van der Waals surface area (Å²) < 4.78 is 11.0. The van der Waals surface area contributed by atoms with Gasteiger partial charge >= 0.3 is 11.9 Å². The molecule has 4 aromatic rings. The minimum Gasteiger partial charge on any atom is -0.456 e. The minimum absolute atomic E-state index is 0.0267. The number of nitrogens with zero attached hydrogens (tertiary/aromatic N) is 2. The van der Waals surface area contributed by atoms with Crippen molar-refractivity contribution in [3.8, 4) is 0 Å². The second kappa shape index (κ2) is 12.4. The Kier molecular flexibility index (Phi) is 8.12. The topological polar surface area (TPSA) is 114 Å². The lowest BCUT2D eigenvalue weighted by Crippen LogP contribution is -2.80. The Bertz CT molecular complexity index is 1850. The van der Waals surface area contributed by atoms with E-state index in [-0.39, 0.29) is 12.3 Å². The number of thioether (sulfide) groups is 1. The van der Waals surface area contributed by atoms with E-state index < -0.39 is 57.4 Å². The van der Waals surface area contributed by atoms with Crippen molar-refractivity contribution in [1.82, 2.24) is 10.3 Å². The summed E-state index contributed by atoms with van der Waals surface area (Å²) in [5.41, 5.74) is 3.82. The zero-order chi connectivity index (χ0) is 33.5. The van der Waals surface area contributed by atoms with E-state index in [4.69, 9.17) is 9.47 Å². The van der Waals surface area contributed by atoms with Crippen LogP contribution in [0.4, 0.5) is 0 Å². The molecule has 2 unspecified atom stereocenters. The minimum atomic E-state index is -1.59. The number of ketones is 1. The first-order valence-corrected chi connectivity index (χ1v) is 16.6. The molecule has 0 radical (unpaired) electrons. The number of nitrogens with one attached hydrogen (secondary N) is 1. The van der Waals surface area contributed by atoms with Gasteiger partial charge in [-0.15, -0.1) is 11.8 Å². The van der Waals surface area contributed by atoms with Gasteiger partial charge in [-0.05, 0) is 30.5 Å². The van der Waals surface area contributed by atoms with Gasteiger partial charge < -0.3 is 14.4 Å². The molecule has 242 valence electrons. The number of β-lactam (4-membered cyclic amide) rings is 1. The van der Waals surface area contributed by atoms with Gasteiger partial charge in [-0.2, -0.15) is 5.10 Å². The van der Waals surface area contributed by atoms with Crippen molar-refractivity contribution in [2.45, 2.75) is 48.3 Å². The maximum atomic E-state index is 14.5. The van der Waals surface area contributed by atoms with Gasteiger partial charge in [-0.3, -0.25) is 15.0 Å². The van der Waals surface area contributed by atoms with Crippen LogP contribution in [0.15, 0.2) is 126 Å². The number of ether oxygens (including phenoxy) is 2. The molecule has 0 bridgehead atoms. The van der Waals surface area contributed by atoms with Crippen molar-refractivity contribution in [3.05, 3.63) is 144 Å². The molecule has 1 N–H and O–H groups in total. The van der Waals surface area contributed by atoms with Gasteiger partial charge in [0.15, 0.2) is 23.1 Å². The third kappa shape index (κ3) is 5.26. The van der Waals surface area contributed by atoms with E-state index in [1.165, 1.54) is 16.7 Å². The molecular weight excluding hydrogens is 627 g/mol. The zero-order valence-electron chi connectivity index (χ0n) is 26.3. The normalized spacial score (nSPS) is 23.6. The molecule has 4 atom stereocenters. The molecule has 7 rings (SSSR count). The molecule has 9 nitrogen and oxygen atoms in total. The van der Waals surface area contributed by atoms with Crippen LogP contribution in [-0.4, -0.2) is 55.9 Å². The highest BCUT2D eigenvalue weighted by atomic mass is 32.2. The molecule has 2 saturated heterocycles. The number of amides is 1. The van der Waals surface area contributed by atoms with Gasteiger partial charge in [0.25, 0.3) is 5.91 Å². The fourth-order valence-electron chi connectivity index (χ4n) is 6.76. The van der Waals surface area contributed by atoms with Crippen LogP contribution in [0.25, 0.3) is 0 Å². The molecular formula is C38H33N3O6S. The Balaban J connectivity index is 1.19. The van der Waals surface area contributed by atoms with Gasteiger partial charge in [0.05, 0.1) is 0 Å². The number of hydrogen-bond donors (Lipinski definition) is 1. The SMILES string of the molecule is CC1(C)S[C@H]2N(C(=O)C23NN=C(C(=O)OCc2ccccc2)C3C(=O)c2ccccc2)[C@H]1C(=O)OC(c1ccccc1)c1ccccc1. The first kappa shape index (κ1) is 31.4. The molecule has 2 fully saturated rings. The number of fused-ring (bicyclic) bond motifs is 2. The van der Waals surface area contributed by atoms with Crippen molar-refractivity contribution in [2.24, 2.45) is 11.0 Å². The summed E-state index contributed by atoms with van der Waals surface area (Å²) in [7, 11) is 0. The largest absolute Gasteiger partial charge is 0.456 e. The number of carbonyl (C=O) groups excluding carboxylic acids is 4. The first-order chi connectivity index (χ1) is 23.2. The van der Waals surface area contributed by atoms with Crippen molar-refractivity contribution in [3.63, 3.8) is 0 Å². The first-order valence-electron chi connectivity index (χ1n) is 15.7. The maximum Gasteiger partial charge on any atom is 0.355 e. The molecule has 3 aliphatic rings. The van der Waals surface area contributed by atoms with Crippen LogP contribution in [0, 0.1) is 5.92 Å². The molecule has 3 heterocycles. The standard InChI is InChI=1S/C38H33N3O6S/c1-37(2)32(34(44)47-31(26-19-11-5-12-20-26)27-21-13-6-14-22-27)41-35(45)38(36(41)48-37)28(30(42)25-17-9-4-10-18-25)29(39-40-38)33(43)46-23-24-15-7-3-8-16-24/h3-22,28,31-32,36,40H,23H2,1-2H3/t28?,32-,36+,38?/m0/s1. The van der Waals surface area contributed by atoms with Crippen LogP contribution in [0.2, 0.25) is 0 Å². The van der Waals surface area contributed by atoms with Crippen LogP contribution in [0.5, 0.6) is 0 Å². The summed E-state index contributed by atoms with van der Waals surface area (Å²) in [6.45, 7) is 3.73. The highest BCUT2D eigenvalue weighted by molar-refractivity contribution is 8.01. The average molecular weight is 660 g/mol. The lowest BCUT2D eigenvalue weighted by molar-refractivity contribution is -0.173. The third-order valence-electron chi connectivity index (χ3n) is 9.08. The van der Waals surface area contributed by atoms with Crippen LogP contribution < -0.4 is 5.43 Å². The fourth-order valence-corrected chi connectivity index (χ4v) is 8.48. The smallest absolute Gasteiger partial charge is 0.355 e. The Morgan fingerprint density at radius 2 is 1.38 bits per heavy atom. The zero-order valence-corrected chi connectivity index (χ0v) is 27.1. The summed E-state index contributed by atoms with van der Waals surface area (Å²) >= 11 is 1.38. The monoisotopic (exact) mass is 659 g/mol. The predicted molar refractivity (Wildman–Crippen MR) is 181 cm³/mol. The number of Topliss-reactive ketones (excluding diaryl/α,β-unsaturated/α-hetero) is 1. The summed E-state index contributed by atoms with van der Waals surface area (Å²) in [4.78, 5) is 57.8. The van der Waals surface area contributed by atoms with Crippen LogP contribution in [0.3, 0.4) is 0 Å². The van der Waals surface area contributed by atoms with E-state index in [0.29, 0.717) is 5.56 Å². The van der Waals surface area contributed by atoms with Gasteiger partial charge in [0.1, 0.15) is 23.9 Å². The van der Waals surface area contributed by atoms with Gasteiger partial charge in [-0.1, -0.05) is 121 Å². The molecule has 48 heavy (non-hydrogen) atoms. The number of benzene rings is 4. The van der Waals surface area contributed by atoms with Gasteiger partial charge in [0, 0.05) is 10.3 Å². The highest BCUT2D eigenvalue weighted by Gasteiger charge is 2.78. The van der Waals surface area contributed by atoms with Crippen LogP contribution >= 0.6 is 11.8 Å². The average Bonchev–Trinajstić information content (AvgIpc) is 3.66. The quantitative estimate of drug-likeness (QED) is 0.146. The van der Waals surface area contributed by atoms with E-state index in [2.05, 4.69) is 10.5 Å². The van der Waals surface area contributed by atoms with Gasteiger partial charge in [-0.25, -0.2) is 9.59 Å². The van der Waals surface area contributed by atoms with Crippen molar-refractivity contribution in [1.29, 1.82) is 0 Å².